The van der Waals surface area contributed by atoms with Gasteiger partial charge in [-0.05, 0) is 56.3 Å². The van der Waals surface area contributed by atoms with Gasteiger partial charge in [-0.2, -0.15) is 0 Å². The van der Waals surface area contributed by atoms with E-state index in [0.29, 0.717) is 12.0 Å². The van der Waals surface area contributed by atoms with Crippen molar-refractivity contribution >= 4 is 0 Å². The van der Waals surface area contributed by atoms with E-state index in [1.54, 1.807) is 11.1 Å². The lowest BCUT2D eigenvalue weighted by Gasteiger charge is -2.64. The molecule has 0 radical (unpaired) electrons. The van der Waals surface area contributed by atoms with Gasteiger partial charge in [-0.1, -0.05) is 36.1 Å². The fourth-order valence-corrected chi connectivity index (χ4v) is 6.63. The van der Waals surface area contributed by atoms with E-state index in [0.717, 1.165) is 25.9 Å². The molecule has 0 aromatic heterocycles. The van der Waals surface area contributed by atoms with Gasteiger partial charge in [-0.3, -0.25) is 4.90 Å². The van der Waals surface area contributed by atoms with Gasteiger partial charge in [0.1, 0.15) is 0 Å². The second kappa shape index (κ2) is 5.50. The molecule has 0 unspecified atom stereocenters. The van der Waals surface area contributed by atoms with E-state index in [9.17, 15) is 5.11 Å². The number of hydrogen-bond acceptors (Lipinski definition) is 2. The maximum absolute atomic E-state index is 10.0. The molecule has 1 heterocycles. The van der Waals surface area contributed by atoms with Crippen molar-refractivity contribution in [3.05, 3.63) is 23.3 Å². The molecule has 0 aromatic carbocycles. The summed E-state index contributed by atoms with van der Waals surface area (Å²) in [7, 11) is 0. The molecule has 0 spiro atoms. The van der Waals surface area contributed by atoms with Gasteiger partial charge in [0, 0.05) is 24.6 Å². The molecule has 1 N–H and O–H groups in total. The van der Waals surface area contributed by atoms with E-state index < -0.39 is 0 Å². The van der Waals surface area contributed by atoms with Crippen LogP contribution in [0.5, 0.6) is 0 Å². The van der Waals surface area contributed by atoms with Crippen molar-refractivity contribution in [2.24, 2.45) is 16.7 Å². The summed E-state index contributed by atoms with van der Waals surface area (Å²) >= 11 is 0. The van der Waals surface area contributed by atoms with Gasteiger partial charge in [-0.25, -0.2) is 0 Å². The number of nitrogens with zero attached hydrogens (tertiary/aromatic N) is 1. The highest BCUT2D eigenvalue weighted by Gasteiger charge is 2.63. The average Bonchev–Trinajstić information content (AvgIpc) is 2.97. The van der Waals surface area contributed by atoms with Crippen LogP contribution in [0.2, 0.25) is 0 Å². The quantitative estimate of drug-likeness (QED) is 0.637. The van der Waals surface area contributed by atoms with Crippen molar-refractivity contribution in [3.63, 3.8) is 0 Å². The Labute approximate surface area is 140 Å². The second-order valence-corrected chi connectivity index (χ2v) is 8.24. The lowest BCUT2D eigenvalue weighted by atomic mass is 9.46. The predicted molar refractivity (Wildman–Crippen MR) is 93.8 cm³/mol. The minimum atomic E-state index is 0.110. The highest BCUT2D eigenvalue weighted by atomic mass is 16.3. The standard InChI is InChI=1S/C21H29NO/c1-3-13-22-15-17-10-9-16-6-4-7-18(16)21(12-14-23)19(22)8-5-11-20(17,21)2/h1,5,8,17,19,23H,4,6-7,9-15H2,2H3/t17-,19+,20+,21+/m1/s1. The van der Waals surface area contributed by atoms with Gasteiger partial charge in [-0.15, -0.1) is 6.42 Å². The van der Waals surface area contributed by atoms with Crippen LogP contribution in [0, 0.1) is 29.1 Å². The summed E-state index contributed by atoms with van der Waals surface area (Å²) in [6, 6.07) is 0.377. The van der Waals surface area contributed by atoms with E-state index in [1.807, 2.05) is 0 Å². The van der Waals surface area contributed by atoms with Crippen molar-refractivity contribution in [2.75, 3.05) is 19.7 Å². The Balaban J connectivity index is 1.93. The maximum Gasteiger partial charge on any atom is 0.0604 e. The zero-order valence-corrected chi connectivity index (χ0v) is 14.4. The van der Waals surface area contributed by atoms with Crippen LogP contribution in [0.3, 0.4) is 0 Å². The first-order chi connectivity index (χ1) is 11.2. The van der Waals surface area contributed by atoms with Crippen LogP contribution in [0.25, 0.3) is 0 Å². The largest absolute Gasteiger partial charge is 0.396 e. The van der Waals surface area contributed by atoms with Crippen LogP contribution in [0.4, 0.5) is 0 Å². The topological polar surface area (TPSA) is 23.5 Å². The summed E-state index contributed by atoms with van der Waals surface area (Å²) in [5.74, 6) is 3.58. The van der Waals surface area contributed by atoms with E-state index in [-0.39, 0.29) is 17.4 Å². The Hall–Kier alpha value is -1.04. The number of hydrogen-bond donors (Lipinski definition) is 1. The van der Waals surface area contributed by atoms with E-state index in [2.05, 4.69) is 29.9 Å². The van der Waals surface area contributed by atoms with Gasteiger partial charge >= 0.3 is 0 Å². The third kappa shape index (κ3) is 1.90. The summed E-state index contributed by atoms with van der Waals surface area (Å²) in [5, 5.41) is 10.0. The first-order valence-electron chi connectivity index (χ1n) is 9.34. The molecule has 4 bridgehead atoms. The van der Waals surface area contributed by atoms with Gasteiger partial charge in [0.25, 0.3) is 0 Å². The molecule has 23 heavy (non-hydrogen) atoms. The molecule has 4 atom stereocenters. The number of likely N-dealkylation sites (tertiary alicyclic amines) is 1. The second-order valence-electron chi connectivity index (χ2n) is 8.24. The van der Waals surface area contributed by atoms with Crippen molar-refractivity contribution in [2.45, 2.75) is 57.9 Å². The van der Waals surface area contributed by atoms with Crippen molar-refractivity contribution in [3.8, 4) is 12.3 Å². The van der Waals surface area contributed by atoms with Gasteiger partial charge < -0.3 is 5.11 Å². The minimum Gasteiger partial charge on any atom is -0.396 e. The number of rotatable bonds is 3. The number of piperidine rings is 1. The van der Waals surface area contributed by atoms with Gasteiger partial charge in [0.05, 0.1) is 6.54 Å². The number of allylic oxidation sites excluding steroid dienone is 2. The summed E-state index contributed by atoms with van der Waals surface area (Å²) in [4.78, 5) is 2.53. The molecule has 4 aliphatic rings. The molecule has 4 rings (SSSR count). The van der Waals surface area contributed by atoms with Crippen molar-refractivity contribution < 1.29 is 5.11 Å². The molecule has 2 heteroatoms. The molecule has 2 nitrogen and oxygen atoms in total. The molecule has 124 valence electrons. The molecule has 1 fully saturated rings. The van der Waals surface area contributed by atoms with Crippen LogP contribution in [0.15, 0.2) is 23.3 Å². The molecule has 0 amide bonds. The van der Waals surface area contributed by atoms with Gasteiger partial charge in [0.15, 0.2) is 0 Å². The molecule has 0 saturated carbocycles. The monoisotopic (exact) mass is 311 g/mol. The third-order valence-electron chi connectivity index (χ3n) is 7.60. The molecule has 1 aliphatic heterocycles. The Kier molecular flexibility index (Phi) is 3.70. The van der Waals surface area contributed by atoms with Crippen molar-refractivity contribution in [1.29, 1.82) is 0 Å². The van der Waals surface area contributed by atoms with E-state index in [1.165, 1.54) is 32.1 Å². The summed E-state index contributed by atoms with van der Waals surface area (Å²) in [6.07, 6.45) is 19.0. The summed E-state index contributed by atoms with van der Waals surface area (Å²) < 4.78 is 0. The zero-order chi connectivity index (χ0) is 16.1. The molecule has 0 aromatic rings. The van der Waals surface area contributed by atoms with Crippen LogP contribution in [-0.2, 0) is 0 Å². The third-order valence-corrected chi connectivity index (χ3v) is 7.60. The van der Waals surface area contributed by atoms with Crippen molar-refractivity contribution in [1.82, 2.24) is 4.90 Å². The minimum absolute atomic E-state index is 0.110. The van der Waals surface area contributed by atoms with Crippen LogP contribution < -0.4 is 0 Å². The average molecular weight is 311 g/mol. The smallest absolute Gasteiger partial charge is 0.0604 e. The number of terminal acetylenes is 1. The zero-order valence-electron chi connectivity index (χ0n) is 14.4. The fourth-order valence-electron chi connectivity index (χ4n) is 6.63. The summed E-state index contributed by atoms with van der Waals surface area (Å²) in [6.45, 7) is 4.67. The highest BCUT2D eigenvalue weighted by molar-refractivity contribution is 5.39. The first kappa shape index (κ1) is 15.5. The molecule has 3 aliphatic carbocycles. The molecule has 1 saturated heterocycles. The normalized spacial score (nSPS) is 42.3. The number of aliphatic hydroxyl groups excluding tert-OH is 1. The SMILES string of the molecule is C#CCN1C[C@H]2CCC3=C(CCC3)[C@@]3(CCO)[C@@H]1C=CC[C@@]23C. The molecular formula is C21H29NO. The number of aliphatic hydroxyl groups is 1. The lowest BCUT2D eigenvalue weighted by Crippen LogP contribution is -2.66. The summed E-state index contributed by atoms with van der Waals surface area (Å²) in [5.41, 5.74) is 3.84. The Morgan fingerprint density at radius 3 is 3.04 bits per heavy atom. The fraction of sp³-hybridized carbons (Fsp3) is 0.714. The van der Waals surface area contributed by atoms with Crippen LogP contribution >= 0.6 is 0 Å². The highest BCUT2D eigenvalue weighted by Crippen LogP contribution is 2.67. The first-order valence-corrected chi connectivity index (χ1v) is 9.34. The maximum atomic E-state index is 10.0. The van der Waals surface area contributed by atoms with Gasteiger partial charge in [0.2, 0.25) is 0 Å². The Morgan fingerprint density at radius 2 is 2.26 bits per heavy atom. The van der Waals surface area contributed by atoms with Crippen LogP contribution in [0.1, 0.15) is 51.9 Å². The lowest BCUT2D eigenvalue weighted by molar-refractivity contribution is -0.107. The van der Waals surface area contributed by atoms with E-state index in [4.69, 9.17) is 6.42 Å². The van der Waals surface area contributed by atoms with Crippen LogP contribution in [-0.4, -0.2) is 35.7 Å². The molecular weight excluding hydrogens is 282 g/mol. The predicted octanol–water partition coefficient (Wildman–Crippen LogP) is 3.53. The Bertz CT molecular complexity index is 597. The van der Waals surface area contributed by atoms with E-state index >= 15 is 0 Å². The Morgan fingerprint density at radius 1 is 1.39 bits per heavy atom.